The lowest BCUT2D eigenvalue weighted by Gasteiger charge is -2.35. The first kappa shape index (κ1) is 23.5. The maximum atomic E-state index is 13.5. The van der Waals surface area contributed by atoms with E-state index in [9.17, 15) is 4.79 Å². The molecule has 6 heteroatoms. The lowest BCUT2D eigenvalue weighted by atomic mass is 9.93. The lowest BCUT2D eigenvalue weighted by Crippen LogP contribution is -2.46. The van der Waals surface area contributed by atoms with Crippen molar-refractivity contribution in [2.45, 2.75) is 46.6 Å². The van der Waals surface area contributed by atoms with Crippen molar-refractivity contribution in [2.75, 3.05) is 4.90 Å². The van der Waals surface area contributed by atoms with Gasteiger partial charge in [0.25, 0.3) is 5.89 Å². The molecule has 2 amide bonds. The van der Waals surface area contributed by atoms with Crippen LogP contribution < -0.4 is 10.2 Å². The van der Waals surface area contributed by atoms with E-state index >= 15 is 0 Å². The second-order valence-electron chi connectivity index (χ2n) is 9.12. The molecule has 0 spiro atoms. The standard InChI is InChI=1S/C30H30N4O2/c1-5-21-12-16-23(17-13-21)27-26(29-32-28(33-36-29)24-14-10-19(3)11-15-24)20(4)34(30(35)31-27)25-9-7-8-22(6-2)18-25/h7-18,27H,5-6H2,1-4H3,(H,31,35). The van der Waals surface area contributed by atoms with Crippen LogP contribution >= 0.6 is 0 Å². The predicted molar refractivity (Wildman–Crippen MR) is 142 cm³/mol. The highest BCUT2D eigenvalue weighted by Crippen LogP contribution is 2.39. The Hall–Kier alpha value is -4.19. The number of benzene rings is 3. The van der Waals surface area contributed by atoms with Gasteiger partial charge in [0.05, 0.1) is 17.3 Å². The highest BCUT2D eigenvalue weighted by molar-refractivity contribution is 6.01. The maximum absolute atomic E-state index is 13.5. The third kappa shape index (κ3) is 4.42. The summed E-state index contributed by atoms with van der Waals surface area (Å²) in [4.78, 5) is 19.9. The molecule has 182 valence electrons. The second-order valence-corrected chi connectivity index (χ2v) is 9.12. The van der Waals surface area contributed by atoms with Crippen LogP contribution in [0.4, 0.5) is 10.5 Å². The van der Waals surface area contributed by atoms with Gasteiger partial charge in [-0.1, -0.05) is 85.2 Å². The van der Waals surface area contributed by atoms with E-state index in [2.05, 4.69) is 54.7 Å². The highest BCUT2D eigenvalue weighted by Gasteiger charge is 2.36. The molecule has 5 rings (SSSR count). The van der Waals surface area contributed by atoms with Gasteiger partial charge in [0.15, 0.2) is 0 Å². The Morgan fingerprint density at radius 2 is 1.64 bits per heavy atom. The van der Waals surface area contributed by atoms with Crippen molar-refractivity contribution in [3.8, 4) is 11.4 Å². The van der Waals surface area contributed by atoms with E-state index in [4.69, 9.17) is 9.51 Å². The molecule has 0 bridgehead atoms. The molecule has 1 unspecified atom stereocenters. The summed E-state index contributed by atoms with van der Waals surface area (Å²) in [5.41, 5.74) is 7.75. The predicted octanol–water partition coefficient (Wildman–Crippen LogP) is 6.87. The number of amides is 2. The van der Waals surface area contributed by atoms with E-state index in [-0.39, 0.29) is 6.03 Å². The monoisotopic (exact) mass is 478 g/mol. The number of aromatic nitrogens is 2. The van der Waals surface area contributed by atoms with Crippen LogP contribution in [-0.2, 0) is 12.8 Å². The third-order valence-corrected chi connectivity index (χ3v) is 6.75. The molecule has 1 aromatic heterocycles. The Morgan fingerprint density at radius 1 is 0.917 bits per heavy atom. The molecule has 1 atom stereocenters. The van der Waals surface area contributed by atoms with Crippen molar-refractivity contribution < 1.29 is 9.32 Å². The Kier molecular flexibility index (Phi) is 6.42. The topological polar surface area (TPSA) is 71.3 Å². The van der Waals surface area contributed by atoms with E-state index in [0.717, 1.165) is 52.1 Å². The summed E-state index contributed by atoms with van der Waals surface area (Å²) in [5, 5.41) is 7.47. The molecular formula is C30H30N4O2. The summed E-state index contributed by atoms with van der Waals surface area (Å²) >= 11 is 0. The van der Waals surface area contributed by atoms with E-state index in [1.54, 1.807) is 4.90 Å². The van der Waals surface area contributed by atoms with E-state index < -0.39 is 6.04 Å². The van der Waals surface area contributed by atoms with Crippen LogP contribution in [0, 0.1) is 6.92 Å². The molecule has 3 aromatic carbocycles. The molecule has 0 saturated carbocycles. The average Bonchev–Trinajstić information content (AvgIpc) is 3.38. The zero-order chi connectivity index (χ0) is 25.2. The Bertz CT molecular complexity index is 1420. The van der Waals surface area contributed by atoms with Crippen LogP contribution in [-0.4, -0.2) is 16.2 Å². The van der Waals surface area contributed by atoms with Gasteiger partial charge >= 0.3 is 6.03 Å². The van der Waals surface area contributed by atoms with Gasteiger partial charge in [-0.15, -0.1) is 0 Å². The van der Waals surface area contributed by atoms with Crippen LogP contribution in [0.1, 0.15) is 55.0 Å². The number of rotatable bonds is 6. The first-order valence-electron chi connectivity index (χ1n) is 12.4. The summed E-state index contributed by atoms with van der Waals surface area (Å²) < 4.78 is 5.82. The molecule has 0 aliphatic carbocycles. The number of nitrogens with zero attached hydrogens (tertiary/aromatic N) is 3. The second kappa shape index (κ2) is 9.82. The number of nitrogens with one attached hydrogen (secondary N) is 1. The summed E-state index contributed by atoms with van der Waals surface area (Å²) in [5.74, 6) is 0.908. The van der Waals surface area contributed by atoms with Crippen LogP contribution in [0.2, 0.25) is 0 Å². The Labute approximate surface area is 211 Å². The van der Waals surface area contributed by atoms with Gasteiger partial charge < -0.3 is 9.84 Å². The van der Waals surface area contributed by atoms with Gasteiger partial charge in [-0.25, -0.2) is 4.79 Å². The molecule has 6 nitrogen and oxygen atoms in total. The van der Waals surface area contributed by atoms with Crippen molar-refractivity contribution >= 4 is 17.3 Å². The first-order chi connectivity index (χ1) is 17.5. The summed E-state index contributed by atoms with van der Waals surface area (Å²) in [6, 6.07) is 23.7. The number of carbonyl (C=O) groups is 1. The molecular weight excluding hydrogens is 448 g/mol. The number of allylic oxidation sites excluding steroid dienone is 1. The summed E-state index contributed by atoms with van der Waals surface area (Å²) in [6.07, 6.45) is 1.83. The van der Waals surface area contributed by atoms with Crippen LogP contribution in [0.15, 0.2) is 83.0 Å². The largest absolute Gasteiger partial charge is 0.334 e. The molecule has 0 saturated heterocycles. The number of hydrogen-bond donors (Lipinski definition) is 1. The van der Waals surface area contributed by atoms with Gasteiger partial charge in [0.2, 0.25) is 5.82 Å². The molecule has 0 fully saturated rings. The number of anilines is 1. The van der Waals surface area contributed by atoms with Gasteiger partial charge in [0, 0.05) is 11.3 Å². The maximum Gasteiger partial charge on any atom is 0.326 e. The fraction of sp³-hybridized carbons (Fsp3) is 0.233. The van der Waals surface area contributed by atoms with Gasteiger partial charge in [0.1, 0.15) is 0 Å². The molecule has 0 radical (unpaired) electrons. The molecule has 1 N–H and O–H groups in total. The van der Waals surface area contributed by atoms with Gasteiger partial charge in [-0.2, -0.15) is 4.98 Å². The van der Waals surface area contributed by atoms with Gasteiger partial charge in [-0.05, 0) is 55.5 Å². The average molecular weight is 479 g/mol. The minimum absolute atomic E-state index is 0.188. The first-order valence-corrected chi connectivity index (χ1v) is 12.4. The van der Waals surface area contributed by atoms with E-state index in [1.165, 1.54) is 5.56 Å². The SMILES string of the molecule is CCc1ccc(C2NC(=O)N(c3cccc(CC)c3)C(C)=C2c2nc(-c3ccc(C)cc3)no2)cc1. The minimum Gasteiger partial charge on any atom is -0.334 e. The summed E-state index contributed by atoms with van der Waals surface area (Å²) in [6.45, 7) is 8.21. The minimum atomic E-state index is -0.416. The third-order valence-electron chi connectivity index (χ3n) is 6.75. The number of aryl methyl sites for hydroxylation is 3. The fourth-order valence-electron chi connectivity index (χ4n) is 4.60. The quantitative estimate of drug-likeness (QED) is 0.328. The zero-order valence-corrected chi connectivity index (χ0v) is 21.1. The van der Waals surface area contributed by atoms with Crippen LogP contribution in [0.25, 0.3) is 17.0 Å². The molecule has 1 aliphatic heterocycles. The number of carbonyl (C=O) groups excluding carboxylic acids is 1. The zero-order valence-electron chi connectivity index (χ0n) is 21.1. The molecule has 2 heterocycles. The van der Waals surface area contributed by atoms with Crippen molar-refractivity contribution in [2.24, 2.45) is 0 Å². The van der Waals surface area contributed by atoms with Crippen molar-refractivity contribution in [3.63, 3.8) is 0 Å². The van der Waals surface area contributed by atoms with Gasteiger partial charge in [-0.3, -0.25) is 4.90 Å². The Morgan fingerprint density at radius 3 is 2.33 bits per heavy atom. The molecule has 36 heavy (non-hydrogen) atoms. The lowest BCUT2D eigenvalue weighted by molar-refractivity contribution is 0.244. The van der Waals surface area contributed by atoms with Crippen molar-refractivity contribution in [1.82, 2.24) is 15.5 Å². The summed E-state index contributed by atoms with van der Waals surface area (Å²) in [7, 11) is 0. The highest BCUT2D eigenvalue weighted by atomic mass is 16.5. The fourth-order valence-corrected chi connectivity index (χ4v) is 4.60. The normalized spacial score (nSPS) is 15.8. The molecule has 4 aromatic rings. The van der Waals surface area contributed by atoms with E-state index in [0.29, 0.717) is 11.7 Å². The number of urea groups is 1. The van der Waals surface area contributed by atoms with Crippen LogP contribution in [0.5, 0.6) is 0 Å². The van der Waals surface area contributed by atoms with Crippen molar-refractivity contribution in [1.29, 1.82) is 0 Å². The number of hydrogen-bond acceptors (Lipinski definition) is 4. The van der Waals surface area contributed by atoms with Crippen molar-refractivity contribution in [3.05, 3.63) is 107 Å². The molecule has 1 aliphatic rings. The Balaban J connectivity index is 1.64. The van der Waals surface area contributed by atoms with Crippen LogP contribution in [0.3, 0.4) is 0 Å². The van der Waals surface area contributed by atoms with E-state index in [1.807, 2.05) is 56.3 Å². The smallest absolute Gasteiger partial charge is 0.326 e.